The molecule has 3 heterocycles. The van der Waals surface area contributed by atoms with Crippen LogP contribution in [0.25, 0.3) is 38.9 Å². The number of aryl methyl sites for hydroxylation is 1. The molecular weight excluding hydrogens is 469 g/mol. The van der Waals surface area contributed by atoms with Gasteiger partial charge in [0, 0.05) is 10.0 Å². The molecule has 0 aliphatic rings. The summed E-state index contributed by atoms with van der Waals surface area (Å²) in [6.07, 6.45) is 0. The molecule has 34 heavy (non-hydrogen) atoms. The summed E-state index contributed by atoms with van der Waals surface area (Å²) >= 11 is 12.3. The highest BCUT2D eigenvalue weighted by Gasteiger charge is 2.22. The summed E-state index contributed by atoms with van der Waals surface area (Å²) in [5, 5.41) is 1.65. The summed E-state index contributed by atoms with van der Waals surface area (Å²) in [7, 11) is 0. The Bertz CT molecular complexity index is 1790. The minimum atomic E-state index is -0.173. The van der Waals surface area contributed by atoms with Crippen molar-refractivity contribution in [1.29, 1.82) is 0 Å². The van der Waals surface area contributed by atoms with Crippen LogP contribution >= 0.6 is 23.2 Å². The van der Waals surface area contributed by atoms with Gasteiger partial charge in [0.25, 0.3) is 5.56 Å². The lowest BCUT2D eigenvalue weighted by atomic mass is 10.2. The van der Waals surface area contributed by atoms with Gasteiger partial charge < -0.3 is 0 Å². The molecule has 3 aromatic carbocycles. The van der Waals surface area contributed by atoms with Crippen molar-refractivity contribution in [3.63, 3.8) is 0 Å². The van der Waals surface area contributed by atoms with Gasteiger partial charge in [-0.15, -0.1) is 0 Å². The van der Waals surface area contributed by atoms with E-state index in [4.69, 9.17) is 38.2 Å². The van der Waals surface area contributed by atoms with Gasteiger partial charge in [0.05, 0.1) is 23.3 Å². The van der Waals surface area contributed by atoms with Gasteiger partial charge in [-0.3, -0.25) is 13.9 Å². The number of para-hydroxylation sites is 2. The molecule has 166 valence electrons. The molecule has 8 heteroatoms. The van der Waals surface area contributed by atoms with Crippen LogP contribution in [-0.2, 0) is 6.54 Å². The molecule has 0 saturated carbocycles. The van der Waals surface area contributed by atoms with Crippen molar-refractivity contribution in [2.45, 2.75) is 13.5 Å². The van der Waals surface area contributed by atoms with Crippen molar-refractivity contribution in [2.75, 3.05) is 0 Å². The Hall–Kier alpha value is -3.74. The third-order valence-corrected chi connectivity index (χ3v) is 6.36. The molecule has 6 rings (SSSR count). The minimum Gasteiger partial charge on any atom is -0.292 e. The Balaban J connectivity index is 1.71. The van der Waals surface area contributed by atoms with Crippen molar-refractivity contribution >= 4 is 56.4 Å². The number of fused-ring (bicyclic) bond motifs is 4. The van der Waals surface area contributed by atoms with Crippen LogP contribution in [0, 0.1) is 6.92 Å². The monoisotopic (exact) mass is 485 g/mol. The summed E-state index contributed by atoms with van der Waals surface area (Å²) in [5.41, 5.74) is 4.56. The van der Waals surface area contributed by atoms with E-state index in [0.717, 1.165) is 16.8 Å². The molecule has 0 spiro atoms. The quantitative estimate of drug-likeness (QED) is 0.310. The first kappa shape index (κ1) is 20.8. The van der Waals surface area contributed by atoms with Crippen molar-refractivity contribution in [3.05, 3.63) is 105 Å². The van der Waals surface area contributed by atoms with E-state index in [0.29, 0.717) is 50.1 Å². The van der Waals surface area contributed by atoms with Crippen LogP contribution in [0.4, 0.5) is 0 Å². The van der Waals surface area contributed by atoms with Crippen molar-refractivity contribution in [3.8, 4) is 5.69 Å². The fourth-order valence-corrected chi connectivity index (χ4v) is 4.56. The van der Waals surface area contributed by atoms with Crippen LogP contribution in [0.15, 0.2) is 77.6 Å². The smallest absolute Gasteiger partial charge is 0.265 e. The van der Waals surface area contributed by atoms with Gasteiger partial charge in [0.2, 0.25) is 0 Å². The van der Waals surface area contributed by atoms with E-state index in [9.17, 15) is 4.79 Å². The predicted octanol–water partition coefficient (Wildman–Crippen LogP) is 5.95. The van der Waals surface area contributed by atoms with Gasteiger partial charge in [-0.25, -0.2) is 15.0 Å². The van der Waals surface area contributed by atoms with Crippen LogP contribution in [0.1, 0.15) is 11.4 Å². The largest absolute Gasteiger partial charge is 0.292 e. The fraction of sp³-hybridized carbons (Fsp3) is 0.0769. The van der Waals surface area contributed by atoms with E-state index in [-0.39, 0.29) is 5.56 Å². The maximum absolute atomic E-state index is 13.9. The van der Waals surface area contributed by atoms with E-state index >= 15 is 0 Å². The molecule has 0 atom stereocenters. The number of hydrogen-bond donors (Lipinski definition) is 0. The number of nitrogens with zero attached hydrogens (tertiary/aromatic N) is 5. The Morgan fingerprint density at radius 2 is 1.53 bits per heavy atom. The normalized spacial score (nSPS) is 11.6. The van der Waals surface area contributed by atoms with Crippen LogP contribution in [0.3, 0.4) is 0 Å². The SMILES string of the molecule is Cc1nc2c(c(=O)n1Cc1ccc(Cl)cc1)c1nc3ccccc3nc1n2-c1cccc(Cl)c1. The molecule has 0 radical (unpaired) electrons. The molecule has 0 aliphatic heterocycles. The maximum atomic E-state index is 13.9. The van der Waals surface area contributed by atoms with Gasteiger partial charge in [0.15, 0.2) is 11.3 Å². The molecule has 0 N–H and O–H groups in total. The third kappa shape index (κ3) is 3.34. The molecule has 0 unspecified atom stereocenters. The standard InChI is InChI=1S/C26H17Cl2N5O/c1-15-29-24-22(26(34)32(15)14-16-9-11-17(27)12-10-16)23-25(31-21-8-3-2-7-20(21)30-23)33(24)19-6-4-5-18(28)13-19/h2-13H,14H2,1H3. The van der Waals surface area contributed by atoms with Crippen molar-refractivity contribution in [1.82, 2.24) is 24.1 Å². The number of rotatable bonds is 3. The summed E-state index contributed by atoms with van der Waals surface area (Å²) in [5.74, 6) is 0.586. The lowest BCUT2D eigenvalue weighted by Gasteiger charge is -2.11. The lowest BCUT2D eigenvalue weighted by Crippen LogP contribution is -2.24. The Kier molecular flexibility index (Phi) is 4.86. The summed E-state index contributed by atoms with van der Waals surface area (Å²) in [4.78, 5) is 28.4. The molecule has 0 amide bonds. The first-order valence-electron chi connectivity index (χ1n) is 10.7. The molecule has 0 bridgehead atoms. The van der Waals surface area contributed by atoms with Crippen molar-refractivity contribution < 1.29 is 0 Å². The minimum absolute atomic E-state index is 0.173. The van der Waals surface area contributed by atoms with E-state index < -0.39 is 0 Å². The summed E-state index contributed by atoms with van der Waals surface area (Å²) < 4.78 is 3.52. The van der Waals surface area contributed by atoms with Gasteiger partial charge in [-0.05, 0) is 55.0 Å². The van der Waals surface area contributed by atoms with Gasteiger partial charge in [0.1, 0.15) is 16.7 Å². The molecule has 6 nitrogen and oxygen atoms in total. The van der Waals surface area contributed by atoms with Crippen LogP contribution in [0.5, 0.6) is 0 Å². The van der Waals surface area contributed by atoms with Gasteiger partial charge >= 0.3 is 0 Å². The lowest BCUT2D eigenvalue weighted by molar-refractivity contribution is 0.711. The average molecular weight is 486 g/mol. The van der Waals surface area contributed by atoms with Gasteiger partial charge in [-0.2, -0.15) is 0 Å². The van der Waals surface area contributed by atoms with Crippen molar-refractivity contribution in [2.24, 2.45) is 0 Å². The average Bonchev–Trinajstić information content (AvgIpc) is 3.14. The van der Waals surface area contributed by atoms with Crippen LogP contribution in [-0.4, -0.2) is 24.1 Å². The highest BCUT2D eigenvalue weighted by molar-refractivity contribution is 6.31. The second-order valence-corrected chi connectivity index (χ2v) is 8.95. The second-order valence-electron chi connectivity index (χ2n) is 8.08. The first-order chi connectivity index (χ1) is 16.5. The number of aromatic nitrogens is 5. The number of hydrogen-bond acceptors (Lipinski definition) is 4. The van der Waals surface area contributed by atoms with Crippen LogP contribution in [0.2, 0.25) is 10.0 Å². The molecule has 3 aromatic heterocycles. The first-order valence-corrected chi connectivity index (χ1v) is 11.4. The molecule has 6 aromatic rings. The van der Waals surface area contributed by atoms with E-state index in [1.807, 2.05) is 78.2 Å². The molecular formula is C26H17Cl2N5O. The number of benzene rings is 3. The highest BCUT2D eigenvalue weighted by Crippen LogP contribution is 2.29. The fourth-order valence-electron chi connectivity index (χ4n) is 4.25. The molecule has 0 saturated heterocycles. The van der Waals surface area contributed by atoms with Gasteiger partial charge in [-0.1, -0.05) is 53.5 Å². The van der Waals surface area contributed by atoms with E-state index in [2.05, 4.69) is 0 Å². The predicted molar refractivity (Wildman–Crippen MR) is 136 cm³/mol. The Morgan fingerprint density at radius 1 is 0.794 bits per heavy atom. The zero-order valence-electron chi connectivity index (χ0n) is 18.0. The van der Waals surface area contributed by atoms with E-state index in [1.165, 1.54) is 0 Å². The zero-order chi connectivity index (χ0) is 23.4. The van der Waals surface area contributed by atoms with E-state index in [1.54, 1.807) is 10.6 Å². The second kappa shape index (κ2) is 7.94. The topological polar surface area (TPSA) is 65.6 Å². The molecule has 0 fully saturated rings. The highest BCUT2D eigenvalue weighted by atomic mass is 35.5. The molecule has 0 aliphatic carbocycles. The summed E-state index contributed by atoms with van der Waals surface area (Å²) in [6, 6.07) is 22.4. The Labute approximate surface area is 204 Å². The number of halogens is 2. The summed E-state index contributed by atoms with van der Waals surface area (Å²) in [6.45, 7) is 2.20. The third-order valence-electron chi connectivity index (χ3n) is 5.87. The Morgan fingerprint density at radius 3 is 2.26 bits per heavy atom. The van der Waals surface area contributed by atoms with Crippen LogP contribution < -0.4 is 5.56 Å². The maximum Gasteiger partial charge on any atom is 0.265 e. The zero-order valence-corrected chi connectivity index (χ0v) is 19.5.